The van der Waals surface area contributed by atoms with Crippen molar-refractivity contribution in [2.75, 3.05) is 11.6 Å². The van der Waals surface area contributed by atoms with Gasteiger partial charge in [0.1, 0.15) is 0 Å². The number of nitrogens with zero attached hydrogens (tertiary/aromatic N) is 2. The molecule has 0 aliphatic carbocycles. The van der Waals surface area contributed by atoms with Crippen LogP contribution in [0.25, 0.3) is 21.7 Å². The lowest BCUT2D eigenvalue weighted by atomic mass is 10.1. The summed E-state index contributed by atoms with van der Waals surface area (Å²) in [6, 6.07) is 11.6. The number of anilines is 1. The number of aromatic nitrogens is 2. The Balaban J connectivity index is 1.78. The van der Waals surface area contributed by atoms with Gasteiger partial charge in [0.15, 0.2) is 9.84 Å². The van der Waals surface area contributed by atoms with Gasteiger partial charge in [-0.15, -0.1) is 11.3 Å². The molecule has 0 saturated carbocycles. The van der Waals surface area contributed by atoms with E-state index >= 15 is 0 Å². The monoisotopic (exact) mass is 413 g/mol. The maximum absolute atomic E-state index is 13.0. The number of thiophene rings is 1. The minimum Gasteiger partial charge on any atom is -0.335 e. The third-order valence-corrected chi connectivity index (χ3v) is 6.16. The van der Waals surface area contributed by atoms with Gasteiger partial charge in [-0.3, -0.25) is 4.79 Å². The fourth-order valence-corrected chi connectivity index (χ4v) is 4.18. The van der Waals surface area contributed by atoms with Crippen molar-refractivity contribution in [3.8, 4) is 10.6 Å². The van der Waals surface area contributed by atoms with Gasteiger partial charge in [-0.25, -0.2) is 13.4 Å². The maximum atomic E-state index is 13.0. The summed E-state index contributed by atoms with van der Waals surface area (Å²) >= 11 is 1.50. The van der Waals surface area contributed by atoms with Crippen LogP contribution in [0.1, 0.15) is 16.1 Å². The number of fused-ring (bicyclic) bond motifs is 1. The highest BCUT2D eigenvalue weighted by molar-refractivity contribution is 7.90. The fraction of sp³-hybridized carbons (Fsp3) is 0.105. The predicted molar refractivity (Wildman–Crippen MR) is 107 cm³/mol. The van der Waals surface area contributed by atoms with Crippen molar-refractivity contribution >= 4 is 43.9 Å². The number of rotatable bonds is 4. The van der Waals surface area contributed by atoms with Gasteiger partial charge >= 0.3 is 0 Å². The van der Waals surface area contributed by atoms with Crippen molar-refractivity contribution in [2.45, 2.75) is 11.8 Å². The molecule has 4 rings (SSSR count). The molecule has 0 aliphatic rings. The van der Waals surface area contributed by atoms with Crippen molar-refractivity contribution in [3.05, 3.63) is 59.1 Å². The minimum atomic E-state index is -3.38. The van der Waals surface area contributed by atoms with Crippen molar-refractivity contribution in [2.24, 2.45) is 0 Å². The molecule has 1 aromatic carbocycles. The standard InChI is InChI=1S/C19H15N3O4S2/c1-11-17-14(10-15(16-7-4-8-27-16)21-19(17)26-22-11)18(23)20-12-5-3-6-13(9-12)28(2,24)25/h3-10H,1-2H3,(H,20,23). The molecule has 0 spiro atoms. The van der Waals surface area contributed by atoms with Crippen LogP contribution in [0.4, 0.5) is 5.69 Å². The summed E-state index contributed by atoms with van der Waals surface area (Å²) in [6.07, 6.45) is 1.12. The summed E-state index contributed by atoms with van der Waals surface area (Å²) < 4.78 is 28.8. The Bertz CT molecular complexity index is 1290. The van der Waals surface area contributed by atoms with Gasteiger partial charge < -0.3 is 9.84 Å². The Kier molecular flexibility index (Phi) is 4.48. The van der Waals surface area contributed by atoms with Crippen molar-refractivity contribution in [1.29, 1.82) is 0 Å². The van der Waals surface area contributed by atoms with Crippen LogP contribution in [-0.4, -0.2) is 30.7 Å². The van der Waals surface area contributed by atoms with Crippen LogP contribution < -0.4 is 5.32 Å². The SMILES string of the molecule is Cc1noc2nc(-c3cccs3)cc(C(=O)Nc3cccc(S(C)(=O)=O)c3)c12. The first-order valence-electron chi connectivity index (χ1n) is 8.25. The van der Waals surface area contributed by atoms with Crippen molar-refractivity contribution < 1.29 is 17.7 Å². The summed E-state index contributed by atoms with van der Waals surface area (Å²) in [7, 11) is -3.38. The number of hydrogen-bond acceptors (Lipinski definition) is 7. The largest absolute Gasteiger partial charge is 0.335 e. The second-order valence-electron chi connectivity index (χ2n) is 6.23. The third-order valence-electron chi connectivity index (χ3n) is 4.16. The maximum Gasteiger partial charge on any atom is 0.259 e. The topological polar surface area (TPSA) is 102 Å². The number of amides is 1. The highest BCUT2D eigenvalue weighted by Gasteiger charge is 2.20. The predicted octanol–water partition coefficient (Wildman–Crippen LogP) is 3.92. The average molecular weight is 413 g/mol. The second-order valence-corrected chi connectivity index (χ2v) is 9.20. The molecule has 0 fully saturated rings. The summed E-state index contributed by atoms with van der Waals surface area (Å²) in [6.45, 7) is 1.74. The molecule has 1 N–H and O–H groups in total. The number of benzene rings is 1. The van der Waals surface area contributed by atoms with Crippen LogP contribution in [0.2, 0.25) is 0 Å². The van der Waals surface area contributed by atoms with E-state index in [0.717, 1.165) is 11.1 Å². The molecule has 7 nitrogen and oxygen atoms in total. The van der Waals surface area contributed by atoms with E-state index < -0.39 is 15.7 Å². The first-order valence-corrected chi connectivity index (χ1v) is 11.0. The van der Waals surface area contributed by atoms with E-state index in [-0.39, 0.29) is 10.6 Å². The van der Waals surface area contributed by atoms with E-state index in [9.17, 15) is 13.2 Å². The van der Waals surface area contributed by atoms with Crippen molar-refractivity contribution in [3.63, 3.8) is 0 Å². The average Bonchev–Trinajstić information content (AvgIpc) is 3.31. The molecule has 4 aromatic rings. The molecule has 0 unspecified atom stereocenters. The lowest BCUT2D eigenvalue weighted by Crippen LogP contribution is -2.13. The van der Waals surface area contributed by atoms with Crippen LogP contribution in [0.15, 0.2) is 57.3 Å². The van der Waals surface area contributed by atoms with Crippen LogP contribution in [-0.2, 0) is 9.84 Å². The molecule has 3 aromatic heterocycles. The molecule has 28 heavy (non-hydrogen) atoms. The zero-order chi connectivity index (χ0) is 19.9. The summed E-state index contributed by atoms with van der Waals surface area (Å²) in [5, 5.41) is 9.12. The molecular formula is C19H15N3O4S2. The van der Waals surface area contributed by atoms with Gasteiger partial charge in [-0.2, -0.15) is 0 Å². The summed E-state index contributed by atoms with van der Waals surface area (Å²) in [5.74, 6) is -0.401. The number of aryl methyl sites for hydroxylation is 1. The van der Waals surface area contributed by atoms with Gasteiger partial charge in [-0.05, 0) is 42.6 Å². The van der Waals surface area contributed by atoms with Gasteiger partial charge in [0.25, 0.3) is 11.6 Å². The van der Waals surface area contributed by atoms with E-state index in [1.165, 1.54) is 23.5 Å². The molecule has 9 heteroatoms. The van der Waals surface area contributed by atoms with Gasteiger partial charge in [0, 0.05) is 11.9 Å². The highest BCUT2D eigenvalue weighted by Crippen LogP contribution is 2.30. The smallest absolute Gasteiger partial charge is 0.259 e. The Hall–Kier alpha value is -3.04. The molecule has 142 valence electrons. The van der Waals surface area contributed by atoms with E-state index in [4.69, 9.17) is 4.52 Å². The molecule has 3 heterocycles. The molecule has 0 bridgehead atoms. The highest BCUT2D eigenvalue weighted by atomic mass is 32.2. The summed E-state index contributed by atoms with van der Waals surface area (Å²) in [4.78, 5) is 18.5. The first kappa shape index (κ1) is 18.3. The zero-order valence-electron chi connectivity index (χ0n) is 15.0. The number of carbonyl (C=O) groups is 1. The molecule has 0 aliphatic heterocycles. The Morgan fingerprint density at radius 1 is 1.18 bits per heavy atom. The summed E-state index contributed by atoms with van der Waals surface area (Å²) in [5.41, 5.74) is 2.17. The lowest BCUT2D eigenvalue weighted by Gasteiger charge is -2.09. The second kappa shape index (κ2) is 6.84. The van der Waals surface area contributed by atoms with Crippen LogP contribution in [0, 0.1) is 6.92 Å². The number of pyridine rings is 1. The number of hydrogen-bond donors (Lipinski definition) is 1. The van der Waals surface area contributed by atoms with E-state index in [1.807, 2.05) is 17.5 Å². The zero-order valence-corrected chi connectivity index (χ0v) is 16.6. The number of carbonyl (C=O) groups excluding carboxylic acids is 1. The quantitative estimate of drug-likeness (QED) is 0.544. The lowest BCUT2D eigenvalue weighted by molar-refractivity contribution is 0.102. The number of sulfone groups is 1. The van der Waals surface area contributed by atoms with Gasteiger partial charge in [-0.1, -0.05) is 17.3 Å². The number of nitrogens with one attached hydrogen (secondary N) is 1. The van der Waals surface area contributed by atoms with E-state index in [1.54, 1.807) is 25.1 Å². The van der Waals surface area contributed by atoms with E-state index in [2.05, 4.69) is 15.5 Å². The van der Waals surface area contributed by atoms with Crippen LogP contribution >= 0.6 is 11.3 Å². The minimum absolute atomic E-state index is 0.130. The fourth-order valence-electron chi connectivity index (χ4n) is 2.83. The molecule has 1 amide bonds. The Morgan fingerprint density at radius 2 is 2.00 bits per heavy atom. The van der Waals surface area contributed by atoms with Gasteiger partial charge in [0.2, 0.25) is 0 Å². The Labute approximate surface area is 164 Å². The van der Waals surface area contributed by atoms with Crippen molar-refractivity contribution in [1.82, 2.24) is 10.1 Å². The Morgan fingerprint density at radius 3 is 2.71 bits per heavy atom. The normalized spacial score (nSPS) is 11.6. The van der Waals surface area contributed by atoms with Crippen LogP contribution in [0.5, 0.6) is 0 Å². The third kappa shape index (κ3) is 3.41. The molecule has 0 atom stereocenters. The van der Waals surface area contributed by atoms with Gasteiger partial charge in [0.05, 0.1) is 32.1 Å². The first-order chi connectivity index (χ1) is 13.3. The molecular weight excluding hydrogens is 398 g/mol. The molecule has 0 saturated heterocycles. The molecule has 0 radical (unpaired) electrons. The van der Waals surface area contributed by atoms with Crippen LogP contribution in [0.3, 0.4) is 0 Å². The van der Waals surface area contributed by atoms with E-state index in [0.29, 0.717) is 28.0 Å².